The van der Waals surface area contributed by atoms with Crippen LogP contribution in [0.15, 0.2) is 48.5 Å². The summed E-state index contributed by atoms with van der Waals surface area (Å²) < 4.78 is 0. The van der Waals surface area contributed by atoms with Crippen LogP contribution < -0.4 is 21.3 Å². The van der Waals surface area contributed by atoms with Crippen LogP contribution in [-0.2, 0) is 16.0 Å². The first-order chi connectivity index (χ1) is 13.5. The molecule has 1 atom stereocenters. The topological polar surface area (TPSA) is 87.5 Å². The summed E-state index contributed by atoms with van der Waals surface area (Å²) in [5.41, 5.74) is 9.38. The van der Waals surface area contributed by atoms with E-state index < -0.39 is 6.04 Å². The molecule has 0 radical (unpaired) electrons. The summed E-state index contributed by atoms with van der Waals surface area (Å²) in [7, 11) is 0. The zero-order chi connectivity index (χ0) is 19.9. The Bertz CT molecular complexity index is 831. The molecule has 1 saturated heterocycles. The second kappa shape index (κ2) is 9.26. The average molecular weight is 380 g/mol. The molecule has 2 aromatic rings. The molecule has 1 aliphatic rings. The van der Waals surface area contributed by atoms with Gasteiger partial charge in [0.05, 0.1) is 0 Å². The first kappa shape index (κ1) is 19.7. The molecule has 0 aliphatic carbocycles. The van der Waals surface area contributed by atoms with Gasteiger partial charge in [0.2, 0.25) is 11.8 Å². The van der Waals surface area contributed by atoms with Gasteiger partial charge in [-0.15, -0.1) is 0 Å². The lowest BCUT2D eigenvalue weighted by Gasteiger charge is -2.19. The summed E-state index contributed by atoms with van der Waals surface area (Å²) in [6.45, 7) is 3.79. The number of hydrogen-bond donors (Lipinski definition) is 3. The van der Waals surface area contributed by atoms with Crippen LogP contribution in [-0.4, -0.2) is 30.9 Å². The summed E-state index contributed by atoms with van der Waals surface area (Å²) in [6.07, 6.45) is 3.24. The van der Waals surface area contributed by atoms with Gasteiger partial charge in [0, 0.05) is 36.6 Å². The van der Waals surface area contributed by atoms with Crippen LogP contribution in [0, 0.1) is 0 Å². The standard InChI is InChI=1S/C22H28N4O2/c1-16(24-21(27)12-11-17-7-2-3-10-20(17)23)22(28)25-18-8-6-9-19(15-18)26-13-4-5-14-26/h2-3,6-10,15-16H,4-5,11-14,23H2,1H3,(H,24,27)(H,25,28). The summed E-state index contributed by atoms with van der Waals surface area (Å²) in [6, 6.07) is 14.7. The molecular weight excluding hydrogens is 352 g/mol. The molecule has 28 heavy (non-hydrogen) atoms. The van der Waals surface area contributed by atoms with Gasteiger partial charge in [0.15, 0.2) is 0 Å². The average Bonchev–Trinajstić information content (AvgIpc) is 3.22. The van der Waals surface area contributed by atoms with E-state index >= 15 is 0 Å². The largest absolute Gasteiger partial charge is 0.399 e. The number of anilines is 3. The lowest BCUT2D eigenvalue weighted by Crippen LogP contribution is -2.41. The van der Waals surface area contributed by atoms with Crippen molar-refractivity contribution in [1.29, 1.82) is 0 Å². The Hall–Kier alpha value is -3.02. The SMILES string of the molecule is CC(NC(=O)CCc1ccccc1N)C(=O)Nc1cccc(N2CCCC2)c1. The molecule has 3 rings (SSSR count). The minimum absolute atomic E-state index is 0.170. The Morgan fingerprint density at radius 3 is 2.61 bits per heavy atom. The minimum Gasteiger partial charge on any atom is -0.399 e. The predicted octanol–water partition coefficient (Wildman–Crippen LogP) is 2.95. The number of benzene rings is 2. The lowest BCUT2D eigenvalue weighted by atomic mass is 10.1. The third-order valence-corrected chi connectivity index (χ3v) is 5.03. The zero-order valence-corrected chi connectivity index (χ0v) is 16.3. The summed E-state index contributed by atoms with van der Waals surface area (Å²) in [5.74, 6) is -0.400. The number of carbonyl (C=O) groups excluding carboxylic acids is 2. The van der Waals surface area contributed by atoms with Crippen LogP contribution in [0.2, 0.25) is 0 Å². The van der Waals surface area contributed by atoms with Crippen LogP contribution in [0.3, 0.4) is 0 Å². The number of nitrogens with one attached hydrogen (secondary N) is 2. The van der Waals surface area contributed by atoms with E-state index in [-0.39, 0.29) is 18.2 Å². The summed E-state index contributed by atoms with van der Waals surface area (Å²) in [4.78, 5) is 26.9. The normalized spacial score (nSPS) is 14.5. The van der Waals surface area contributed by atoms with Crippen molar-refractivity contribution in [3.63, 3.8) is 0 Å². The monoisotopic (exact) mass is 380 g/mol. The van der Waals surface area contributed by atoms with Crippen LogP contribution in [0.4, 0.5) is 17.1 Å². The first-order valence-corrected chi connectivity index (χ1v) is 9.81. The van der Waals surface area contributed by atoms with E-state index in [1.54, 1.807) is 6.92 Å². The maximum absolute atomic E-state index is 12.4. The number of nitrogen functional groups attached to an aromatic ring is 1. The second-order valence-electron chi connectivity index (χ2n) is 7.22. The summed E-state index contributed by atoms with van der Waals surface area (Å²) >= 11 is 0. The fourth-order valence-corrected chi connectivity index (χ4v) is 3.40. The van der Waals surface area contributed by atoms with E-state index in [0.717, 1.165) is 30.0 Å². The highest BCUT2D eigenvalue weighted by molar-refractivity contribution is 5.97. The molecule has 148 valence electrons. The third-order valence-electron chi connectivity index (χ3n) is 5.03. The number of nitrogens with two attached hydrogens (primary N) is 1. The van der Waals surface area contributed by atoms with Crippen molar-refractivity contribution in [2.24, 2.45) is 0 Å². The number of para-hydroxylation sites is 1. The molecule has 1 unspecified atom stereocenters. The van der Waals surface area contributed by atoms with E-state index in [9.17, 15) is 9.59 Å². The zero-order valence-electron chi connectivity index (χ0n) is 16.3. The van der Waals surface area contributed by atoms with E-state index in [0.29, 0.717) is 12.1 Å². The van der Waals surface area contributed by atoms with Gasteiger partial charge in [-0.25, -0.2) is 0 Å². The fourth-order valence-electron chi connectivity index (χ4n) is 3.40. The predicted molar refractivity (Wildman–Crippen MR) is 113 cm³/mol. The van der Waals surface area contributed by atoms with Gasteiger partial charge in [-0.1, -0.05) is 24.3 Å². The van der Waals surface area contributed by atoms with Gasteiger partial charge in [-0.3, -0.25) is 9.59 Å². The molecule has 0 aromatic heterocycles. The number of rotatable bonds is 7. The van der Waals surface area contributed by atoms with E-state index in [1.807, 2.05) is 42.5 Å². The molecule has 4 N–H and O–H groups in total. The molecule has 0 saturated carbocycles. The van der Waals surface area contributed by atoms with E-state index in [2.05, 4.69) is 21.6 Å². The van der Waals surface area contributed by atoms with Crippen molar-refractivity contribution in [2.75, 3.05) is 29.0 Å². The van der Waals surface area contributed by atoms with Gasteiger partial charge < -0.3 is 21.3 Å². The smallest absolute Gasteiger partial charge is 0.246 e. The van der Waals surface area contributed by atoms with Crippen LogP contribution in [0.5, 0.6) is 0 Å². The second-order valence-corrected chi connectivity index (χ2v) is 7.22. The van der Waals surface area contributed by atoms with Crippen molar-refractivity contribution in [2.45, 2.75) is 38.6 Å². The van der Waals surface area contributed by atoms with Gasteiger partial charge in [-0.05, 0) is 56.0 Å². The van der Waals surface area contributed by atoms with Crippen molar-refractivity contribution in [3.05, 3.63) is 54.1 Å². The number of amides is 2. The Labute approximate surface area is 166 Å². The van der Waals surface area contributed by atoms with Crippen LogP contribution in [0.1, 0.15) is 31.7 Å². The van der Waals surface area contributed by atoms with Crippen molar-refractivity contribution >= 4 is 28.9 Å². The molecule has 2 aromatic carbocycles. The molecule has 1 aliphatic heterocycles. The maximum atomic E-state index is 12.4. The van der Waals surface area contributed by atoms with Crippen molar-refractivity contribution in [3.8, 4) is 0 Å². The number of hydrogen-bond acceptors (Lipinski definition) is 4. The minimum atomic E-state index is -0.615. The number of aryl methyl sites for hydroxylation is 1. The van der Waals surface area contributed by atoms with Gasteiger partial charge in [-0.2, -0.15) is 0 Å². The lowest BCUT2D eigenvalue weighted by molar-refractivity contribution is -0.126. The molecule has 0 spiro atoms. The molecule has 6 heteroatoms. The molecule has 1 heterocycles. The van der Waals surface area contributed by atoms with Gasteiger partial charge in [0.1, 0.15) is 6.04 Å². The molecule has 2 amide bonds. The number of carbonyl (C=O) groups is 2. The number of nitrogens with zero attached hydrogens (tertiary/aromatic N) is 1. The molecule has 1 fully saturated rings. The Balaban J connectivity index is 1.49. The van der Waals surface area contributed by atoms with Crippen molar-refractivity contribution in [1.82, 2.24) is 5.32 Å². The van der Waals surface area contributed by atoms with Crippen molar-refractivity contribution < 1.29 is 9.59 Å². The Morgan fingerprint density at radius 2 is 1.86 bits per heavy atom. The molecule has 0 bridgehead atoms. The van der Waals surface area contributed by atoms with Gasteiger partial charge in [0.25, 0.3) is 0 Å². The van der Waals surface area contributed by atoms with Gasteiger partial charge >= 0.3 is 0 Å². The first-order valence-electron chi connectivity index (χ1n) is 9.81. The summed E-state index contributed by atoms with van der Waals surface area (Å²) in [5, 5.41) is 5.65. The fraction of sp³-hybridized carbons (Fsp3) is 0.364. The Morgan fingerprint density at radius 1 is 1.11 bits per heavy atom. The quantitative estimate of drug-likeness (QED) is 0.645. The highest BCUT2D eigenvalue weighted by Gasteiger charge is 2.17. The van der Waals surface area contributed by atoms with Crippen LogP contribution in [0.25, 0.3) is 0 Å². The maximum Gasteiger partial charge on any atom is 0.246 e. The van der Waals surface area contributed by atoms with Crippen LogP contribution >= 0.6 is 0 Å². The third kappa shape index (κ3) is 5.25. The Kier molecular flexibility index (Phi) is 6.53. The molecule has 6 nitrogen and oxygen atoms in total. The highest BCUT2D eigenvalue weighted by Crippen LogP contribution is 2.23. The van der Waals surface area contributed by atoms with E-state index in [4.69, 9.17) is 5.73 Å². The van der Waals surface area contributed by atoms with E-state index in [1.165, 1.54) is 12.8 Å². The molecular formula is C22H28N4O2. The highest BCUT2D eigenvalue weighted by atomic mass is 16.2.